The molecule has 0 aliphatic carbocycles. The van der Waals surface area contributed by atoms with Gasteiger partial charge in [-0.1, -0.05) is 32.0 Å². The Balaban J connectivity index is 1.24. The first-order valence-electron chi connectivity index (χ1n) is 12.5. The number of rotatable bonds is 10. The van der Waals surface area contributed by atoms with Crippen molar-refractivity contribution in [3.63, 3.8) is 0 Å². The van der Waals surface area contributed by atoms with Crippen LogP contribution in [0.3, 0.4) is 0 Å². The van der Waals surface area contributed by atoms with Gasteiger partial charge in [0.05, 0.1) is 18.2 Å². The van der Waals surface area contributed by atoms with E-state index < -0.39 is 35.8 Å². The molecule has 0 fully saturated rings. The van der Waals surface area contributed by atoms with Gasteiger partial charge in [-0.05, 0) is 41.3 Å². The first-order valence-corrected chi connectivity index (χ1v) is 12.5. The number of nitrogens with zero attached hydrogens (tertiary/aromatic N) is 3. The normalized spacial score (nSPS) is 13.0. The molecule has 0 unspecified atom stereocenters. The second-order valence-corrected chi connectivity index (χ2v) is 9.68. The van der Waals surface area contributed by atoms with Gasteiger partial charge >= 0.3 is 5.69 Å². The van der Waals surface area contributed by atoms with Gasteiger partial charge in [0.2, 0.25) is 30.3 Å². The molecule has 0 saturated carbocycles. The molecule has 0 radical (unpaired) electrons. The highest BCUT2D eigenvalue weighted by atomic mass is 16.7. The summed E-state index contributed by atoms with van der Waals surface area (Å²) in [5.74, 6) is -0.695. The Bertz CT molecular complexity index is 1600. The number of imidazole rings is 1. The summed E-state index contributed by atoms with van der Waals surface area (Å²) in [6.45, 7) is 3.11. The standard InChI is InChI=1S/C27H27N5O8/c1-14(2)23(24(35)25-31-30-22(40-25)11-16-5-8-19-20(10-16)39-13-38-19)29-21(34)12-32-26(36)18(28-27(32)37)9-15-3-6-17(33)7-4-15/h3-8,10,14,23,33,36H,9,11-13H2,1-2H3,(H,28,37)(H,29,34)/t23-/m0/s1. The number of H-pyrrole nitrogens is 1. The van der Waals surface area contributed by atoms with Crippen LogP contribution in [0, 0.1) is 5.92 Å². The van der Waals surface area contributed by atoms with E-state index in [9.17, 15) is 24.6 Å². The third-order valence-corrected chi connectivity index (χ3v) is 6.38. The van der Waals surface area contributed by atoms with E-state index in [0.717, 1.165) is 15.7 Å². The lowest BCUT2D eigenvalue weighted by Crippen LogP contribution is -2.46. The van der Waals surface area contributed by atoms with Crippen molar-refractivity contribution < 1.29 is 33.7 Å². The first-order chi connectivity index (χ1) is 19.2. The van der Waals surface area contributed by atoms with Gasteiger partial charge in [0.1, 0.15) is 12.3 Å². The number of ether oxygens (including phenoxy) is 2. The van der Waals surface area contributed by atoms with E-state index in [1.165, 1.54) is 12.1 Å². The van der Waals surface area contributed by atoms with E-state index in [1.807, 2.05) is 6.07 Å². The molecule has 0 spiro atoms. The van der Waals surface area contributed by atoms with Gasteiger partial charge in [-0.3, -0.25) is 14.2 Å². The molecule has 5 rings (SSSR count). The number of fused-ring (bicyclic) bond motifs is 1. The van der Waals surface area contributed by atoms with E-state index in [2.05, 4.69) is 20.5 Å². The van der Waals surface area contributed by atoms with Crippen LogP contribution >= 0.6 is 0 Å². The van der Waals surface area contributed by atoms with Crippen molar-refractivity contribution in [2.75, 3.05) is 6.79 Å². The van der Waals surface area contributed by atoms with Gasteiger partial charge in [0.15, 0.2) is 11.5 Å². The average Bonchev–Trinajstić information content (AvgIpc) is 3.65. The number of hydrogen-bond acceptors (Lipinski definition) is 10. The average molecular weight is 550 g/mol. The highest BCUT2D eigenvalue weighted by Crippen LogP contribution is 2.33. The lowest BCUT2D eigenvalue weighted by molar-refractivity contribution is -0.122. The van der Waals surface area contributed by atoms with Crippen molar-refractivity contribution in [3.8, 4) is 23.1 Å². The number of phenolic OH excluding ortho intramolecular Hbond substituents is 1. The number of carbonyl (C=O) groups excluding carboxylic acids is 2. The van der Waals surface area contributed by atoms with E-state index >= 15 is 0 Å². The van der Waals surface area contributed by atoms with Crippen molar-refractivity contribution in [3.05, 3.63) is 81.6 Å². The molecule has 2 aromatic heterocycles. The molecule has 1 aliphatic rings. The highest BCUT2D eigenvalue weighted by molar-refractivity contribution is 5.98. The Morgan fingerprint density at radius 1 is 1.02 bits per heavy atom. The van der Waals surface area contributed by atoms with E-state index in [4.69, 9.17) is 13.9 Å². The van der Waals surface area contributed by atoms with Crippen LogP contribution in [0.25, 0.3) is 0 Å². The Hall–Kier alpha value is -5.07. The Labute approximate surface area is 227 Å². The third-order valence-electron chi connectivity index (χ3n) is 6.38. The number of amides is 1. The Morgan fingerprint density at radius 2 is 1.75 bits per heavy atom. The van der Waals surface area contributed by atoms with E-state index in [1.54, 1.807) is 38.1 Å². The molecule has 208 valence electrons. The van der Waals surface area contributed by atoms with E-state index in [-0.39, 0.29) is 48.8 Å². The SMILES string of the molecule is CC(C)[C@H](NC(=O)Cn1c(O)c(Cc2ccc(O)cc2)[nH]c1=O)C(=O)c1nnc(Cc2ccc3c(c2)OCO3)o1. The topological polar surface area (TPSA) is 182 Å². The number of benzene rings is 2. The van der Waals surface area contributed by atoms with Crippen LogP contribution in [0.2, 0.25) is 0 Å². The zero-order chi connectivity index (χ0) is 28.4. The molecule has 1 aliphatic heterocycles. The summed E-state index contributed by atoms with van der Waals surface area (Å²) in [7, 11) is 0. The number of phenols is 1. The minimum Gasteiger partial charge on any atom is -0.508 e. The fraction of sp³-hybridized carbons (Fsp3) is 0.296. The molecule has 0 bridgehead atoms. The molecule has 1 atom stereocenters. The summed E-state index contributed by atoms with van der Waals surface area (Å²) in [6.07, 6.45) is 0.437. The second kappa shape index (κ2) is 11.0. The number of aromatic hydroxyl groups is 2. The maximum atomic E-state index is 13.2. The first kappa shape index (κ1) is 26.5. The van der Waals surface area contributed by atoms with Crippen molar-refractivity contribution in [1.82, 2.24) is 25.1 Å². The maximum absolute atomic E-state index is 13.2. The lowest BCUT2D eigenvalue weighted by atomic mass is 9.99. The molecular weight excluding hydrogens is 522 g/mol. The predicted molar refractivity (Wildman–Crippen MR) is 138 cm³/mol. The van der Waals surface area contributed by atoms with Crippen LogP contribution in [-0.2, 0) is 24.2 Å². The molecule has 13 nitrogen and oxygen atoms in total. The van der Waals surface area contributed by atoms with Gasteiger partial charge < -0.3 is 34.4 Å². The smallest absolute Gasteiger partial charge is 0.329 e. The highest BCUT2D eigenvalue weighted by Gasteiger charge is 2.30. The molecular formula is C27H27N5O8. The number of ketones is 1. The van der Waals surface area contributed by atoms with Crippen molar-refractivity contribution >= 4 is 11.7 Å². The minimum atomic E-state index is -1.01. The number of aromatic nitrogens is 4. The number of aromatic amines is 1. The maximum Gasteiger partial charge on any atom is 0.329 e. The van der Waals surface area contributed by atoms with Crippen LogP contribution in [0.15, 0.2) is 51.7 Å². The summed E-state index contributed by atoms with van der Waals surface area (Å²) in [5.41, 5.74) is 1.08. The molecule has 4 N–H and O–H groups in total. The van der Waals surface area contributed by atoms with Crippen LogP contribution < -0.4 is 20.5 Å². The molecule has 13 heteroatoms. The van der Waals surface area contributed by atoms with E-state index in [0.29, 0.717) is 11.5 Å². The summed E-state index contributed by atoms with van der Waals surface area (Å²) < 4.78 is 17.2. The zero-order valence-corrected chi connectivity index (χ0v) is 21.7. The molecule has 4 aromatic rings. The number of nitrogens with one attached hydrogen (secondary N) is 2. The number of Topliss-reactive ketones (excluding diaryl/α,β-unsaturated/α-hetero) is 1. The minimum absolute atomic E-state index is 0.0893. The number of carbonyl (C=O) groups is 2. The van der Waals surface area contributed by atoms with Crippen molar-refractivity contribution in [2.24, 2.45) is 5.92 Å². The Morgan fingerprint density at radius 3 is 2.50 bits per heavy atom. The van der Waals surface area contributed by atoms with Gasteiger partial charge in [-0.25, -0.2) is 4.79 Å². The van der Waals surface area contributed by atoms with Gasteiger partial charge in [-0.15, -0.1) is 10.2 Å². The number of hydrogen-bond donors (Lipinski definition) is 4. The van der Waals surface area contributed by atoms with Crippen LogP contribution in [-0.4, -0.2) is 54.5 Å². The van der Waals surface area contributed by atoms with Crippen LogP contribution in [0.5, 0.6) is 23.1 Å². The quantitative estimate of drug-likeness (QED) is 0.213. The summed E-state index contributed by atoms with van der Waals surface area (Å²) >= 11 is 0. The fourth-order valence-corrected chi connectivity index (χ4v) is 4.28. The molecule has 2 aromatic carbocycles. The third kappa shape index (κ3) is 5.67. The monoisotopic (exact) mass is 549 g/mol. The fourth-order valence-electron chi connectivity index (χ4n) is 4.28. The predicted octanol–water partition coefficient (Wildman–Crippen LogP) is 1.90. The summed E-state index contributed by atoms with van der Waals surface area (Å²) in [4.78, 5) is 41.0. The molecule has 40 heavy (non-hydrogen) atoms. The zero-order valence-electron chi connectivity index (χ0n) is 21.7. The molecule has 0 saturated heterocycles. The molecule has 1 amide bonds. The second-order valence-electron chi connectivity index (χ2n) is 9.68. The van der Waals surface area contributed by atoms with Crippen LogP contribution in [0.4, 0.5) is 0 Å². The van der Waals surface area contributed by atoms with Gasteiger partial charge in [0.25, 0.3) is 5.89 Å². The largest absolute Gasteiger partial charge is 0.508 e. The summed E-state index contributed by atoms with van der Waals surface area (Å²) in [6, 6.07) is 10.6. The van der Waals surface area contributed by atoms with Crippen LogP contribution in [0.1, 0.15) is 47.2 Å². The van der Waals surface area contributed by atoms with Gasteiger partial charge in [0, 0.05) is 6.42 Å². The Kier molecular flexibility index (Phi) is 7.27. The van der Waals surface area contributed by atoms with Crippen molar-refractivity contribution in [1.29, 1.82) is 0 Å². The van der Waals surface area contributed by atoms with Gasteiger partial charge in [-0.2, -0.15) is 0 Å². The summed E-state index contributed by atoms with van der Waals surface area (Å²) in [5, 5.41) is 30.4. The lowest BCUT2D eigenvalue weighted by Gasteiger charge is -2.19. The molecule has 3 heterocycles. The van der Waals surface area contributed by atoms with Crippen molar-refractivity contribution in [2.45, 2.75) is 39.3 Å².